The predicted molar refractivity (Wildman–Crippen MR) is 68.9 cm³/mol. The zero-order valence-corrected chi connectivity index (χ0v) is 10.8. The Hall–Kier alpha value is -1.75. The Kier molecular flexibility index (Phi) is 4.41. The predicted octanol–water partition coefficient (Wildman–Crippen LogP) is 2.58. The van der Waals surface area contributed by atoms with Gasteiger partial charge in [0.25, 0.3) is 0 Å². The molecule has 0 saturated carbocycles. The normalized spacial score (nSPS) is 12.6. The van der Waals surface area contributed by atoms with Crippen molar-refractivity contribution < 1.29 is 4.42 Å². The van der Waals surface area contributed by atoms with Gasteiger partial charge in [0.15, 0.2) is 0 Å². The van der Waals surface area contributed by atoms with E-state index < -0.39 is 0 Å². The highest BCUT2D eigenvalue weighted by Crippen LogP contribution is 2.21. The highest BCUT2D eigenvalue weighted by atomic mass is 16.4. The molecule has 2 heterocycles. The number of rotatable bonds is 6. The third kappa shape index (κ3) is 2.92. The molecule has 0 amide bonds. The van der Waals surface area contributed by atoms with E-state index in [4.69, 9.17) is 4.42 Å². The first-order chi connectivity index (χ1) is 8.85. The molecule has 0 aliphatic rings. The highest BCUT2D eigenvalue weighted by Gasteiger charge is 2.16. The van der Waals surface area contributed by atoms with Crippen molar-refractivity contribution in [3.63, 3.8) is 0 Å². The molecule has 1 unspecified atom stereocenters. The second-order valence-corrected chi connectivity index (χ2v) is 4.10. The largest absolute Gasteiger partial charge is 0.419 e. The molecule has 96 valence electrons. The highest BCUT2D eigenvalue weighted by molar-refractivity contribution is 5.49. The van der Waals surface area contributed by atoms with E-state index in [1.165, 1.54) is 0 Å². The topological polar surface area (TPSA) is 63.8 Å². The van der Waals surface area contributed by atoms with E-state index in [1.54, 1.807) is 12.4 Å². The molecule has 2 aromatic rings. The summed E-state index contributed by atoms with van der Waals surface area (Å²) in [5.41, 5.74) is 0.849. The quantitative estimate of drug-likeness (QED) is 0.848. The monoisotopic (exact) mass is 246 g/mol. The molecule has 1 N–H and O–H groups in total. The lowest BCUT2D eigenvalue weighted by molar-refractivity contribution is 0.396. The number of nitrogens with zero attached hydrogens (tertiary/aromatic N) is 3. The zero-order valence-electron chi connectivity index (χ0n) is 10.8. The Morgan fingerprint density at radius 3 is 2.89 bits per heavy atom. The van der Waals surface area contributed by atoms with Crippen LogP contribution in [0.15, 0.2) is 28.9 Å². The van der Waals surface area contributed by atoms with E-state index in [2.05, 4.69) is 34.3 Å². The van der Waals surface area contributed by atoms with Crippen molar-refractivity contribution in [1.29, 1.82) is 0 Å². The van der Waals surface area contributed by atoms with Crippen LogP contribution in [0.5, 0.6) is 0 Å². The van der Waals surface area contributed by atoms with Crippen molar-refractivity contribution >= 4 is 0 Å². The summed E-state index contributed by atoms with van der Waals surface area (Å²) in [6.45, 7) is 5.18. The van der Waals surface area contributed by atoms with Crippen LogP contribution in [0.3, 0.4) is 0 Å². The molecular weight excluding hydrogens is 228 g/mol. The fraction of sp³-hybridized carbons (Fsp3) is 0.462. The minimum absolute atomic E-state index is 0.128. The molecule has 2 rings (SSSR count). The van der Waals surface area contributed by atoms with Crippen LogP contribution in [-0.4, -0.2) is 21.7 Å². The third-order valence-corrected chi connectivity index (χ3v) is 2.70. The van der Waals surface area contributed by atoms with Crippen LogP contribution in [0.4, 0.5) is 0 Å². The van der Waals surface area contributed by atoms with Crippen molar-refractivity contribution in [1.82, 2.24) is 20.5 Å². The molecule has 5 nitrogen and oxygen atoms in total. The van der Waals surface area contributed by atoms with Crippen molar-refractivity contribution in [2.75, 3.05) is 6.54 Å². The average molecular weight is 246 g/mol. The van der Waals surface area contributed by atoms with Crippen molar-refractivity contribution in [3.05, 3.63) is 30.4 Å². The van der Waals surface area contributed by atoms with E-state index in [1.807, 2.05) is 12.1 Å². The van der Waals surface area contributed by atoms with Gasteiger partial charge in [-0.3, -0.25) is 4.98 Å². The maximum Gasteiger partial charge on any atom is 0.249 e. The molecule has 2 aromatic heterocycles. The molecule has 1 atom stereocenters. The summed E-state index contributed by atoms with van der Waals surface area (Å²) < 4.78 is 5.70. The van der Waals surface area contributed by atoms with Crippen molar-refractivity contribution in [2.45, 2.75) is 32.7 Å². The molecule has 0 spiro atoms. The fourth-order valence-corrected chi connectivity index (χ4v) is 1.71. The zero-order chi connectivity index (χ0) is 12.8. The first-order valence-corrected chi connectivity index (χ1v) is 6.32. The number of aromatic nitrogens is 3. The molecule has 0 saturated heterocycles. The molecule has 5 heteroatoms. The minimum atomic E-state index is 0.128. The van der Waals surface area contributed by atoms with E-state index in [-0.39, 0.29) is 6.04 Å². The van der Waals surface area contributed by atoms with E-state index in [0.29, 0.717) is 11.8 Å². The smallest absolute Gasteiger partial charge is 0.249 e. The number of hydrogen-bond acceptors (Lipinski definition) is 5. The lowest BCUT2D eigenvalue weighted by Gasteiger charge is -2.11. The lowest BCUT2D eigenvalue weighted by Crippen LogP contribution is -2.21. The van der Waals surface area contributed by atoms with E-state index in [0.717, 1.165) is 24.9 Å². The van der Waals surface area contributed by atoms with Gasteiger partial charge >= 0.3 is 0 Å². The van der Waals surface area contributed by atoms with E-state index in [9.17, 15) is 0 Å². The molecule has 0 aliphatic carbocycles. The summed E-state index contributed by atoms with van der Waals surface area (Å²) in [6, 6.07) is 3.89. The maximum absolute atomic E-state index is 5.70. The van der Waals surface area contributed by atoms with Crippen LogP contribution in [0.1, 0.15) is 38.6 Å². The van der Waals surface area contributed by atoms with Gasteiger partial charge in [0, 0.05) is 12.4 Å². The van der Waals surface area contributed by atoms with Crippen LogP contribution in [0, 0.1) is 0 Å². The van der Waals surface area contributed by atoms with Gasteiger partial charge in [-0.15, -0.1) is 10.2 Å². The van der Waals surface area contributed by atoms with Gasteiger partial charge in [0.2, 0.25) is 11.8 Å². The van der Waals surface area contributed by atoms with Gasteiger partial charge in [-0.1, -0.05) is 13.8 Å². The molecule has 0 aliphatic heterocycles. The summed E-state index contributed by atoms with van der Waals surface area (Å²) in [5.74, 6) is 1.17. The Labute approximate surface area is 107 Å². The Bertz CT molecular complexity index is 469. The lowest BCUT2D eigenvalue weighted by atomic mass is 10.2. The SMILES string of the molecule is CCCNC(CC)c1nnc(-c2cccnc2)o1. The summed E-state index contributed by atoms with van der Waals surface area (Å²) in [5, 5.41) is 11.6. The van der Waals surface area contributed by atoms with Crippen LogP contribution in [-0.2, 0) is 0 Å². The number of hydrogen-bond donors (Lipinski definition) is 1. The molecule has 0 bridgehead atoms. The summed E-state index contributed by atoms with van der Waals surface area (Å²) >= 11 is 0. The van der Waals surface area contributed by atoms with Gasteiger partial charge in [-0.2, -0.15) is 0 Å². The number of pyridine rings is 1. The first-order valence-electron chi connectivity index (χ1n) is 6.32. The molecule has 0 fully saturated rings. The summed E-state index contributed by atoms with van der Waals surface area (Å²) in [6.07, 6.45) is 5.45. The molecule has 0 aromatic carbocycles. The molecule has 18 heavy (non-hydrogen) atoms. The molecule has 0 radical (unpaired) electrons. The van der Waals surface area contributed by atoms with Crippen LogP contribution < -0.4 is 5.32 Å². The van der Waals surface area contributed by atoms with Crippen LogP contribution in [0.25, 0.3) is 11.5 Å². The van der Waals surface area contributed by atoms with E-state index >= 15 is 0 Å². The van der Waals surface area contributed by atoms with Gasteiger partial charge in [0.1, 0.15) is 0 Å². The minimum Gasteiger partial charge on any atom is -0.419 e. The standard InChI is InChI=1S/C13H18N4O/c1-3-7-15-11(4-2)13-17-16-12(18-13)10-6-5-8-14-9-10/h5-6,8-9,11,15H,3-4,7H2,1-2H3. The van der Waals surface area contributed by atoms with Gasteiger partial charge in [0.05, 0.1) is 11.6 Å². The summed E-state index contributed by atoms with van der Waals surface area (Å²) in [4.78, 5) is 4.04. The second kappa shape index (κ2) is 6.26. The number of nitrogens with one attached hydrogen (secondary N) is 1. The Balaban J connectivity index is 2.14. The average Bonchev–Trinajstić information content (AvgIpc) is 2.90. The van der Waals surface area contributed by atoms with Crippen molar-refractivity contribution in [2.24, 2.45) is 0 Å². The maximum atomic E-state index is 5.70. The Morgan fingerprint density at radius 2 is 2.22 bits per heavy atom. The third-order valence-electron chi connectivity index (χ3n) is 2.70. The van der Waals surface area contributed by atoms with Crippen LogP contribution in [0.2, 0.25) is 0 Å². The van der Waals surface area contributed by atoms with Crippen molar-refractivity contribution in [3.8, 4) is 11.5 Å². The fourth-order valence-electron chi connectivity index (χ4n) is 1.71. The molecular formula is C13H18N4O. The Morgan fingerprint density at radius 1 is 1.33 bits per heavy atom. The summed E-state index contributed by atoms with van der Waals surface area (Å²) in [7, 11) is 0. The van der Waals surface area contributed by atoms with Gasteiger partial charge in [-0.25, -0.2) is 0 Å². The second-order valence-electron chi connectivity index (χ2n) is 4.10. The van der Waals surface area contributed by atoms with Crippen LogP contribution >= 0.6 is 0 Å². The van der Waals surface area contributed by atoms with Gasteiger partial charge in [-0.05, 0) is 31.5 Å². The first kappa shape index (κ1) is 12.7. The van der Waals surface area contributed by atoms with Gasteiger partial charge < -0.3 is 9.73 Å².